The van der Waals surface area contributed by atoms with Crippen molar-refractivity contribution in [2.45, 2.75) is 18.9 Å². The standard InChI is InChI=1S/C12H16N4O/c1-2-6-13-11(17)10-5-3-9-16(10)12-14-7-4-8-15-12/h2,4,7-8,10H,1,3,5-6,9H2,(H,13,17). The molecule has 5 nitrogen and oxygen atoms in total. The fourth-order valence-electron chi connectivity index (χ4n) is 2.01. The van der Waals surface area contributed by atoms with Crippen LogP contribution >= 0.6 is 0 Å². The number of nitrogens with one attached hydrogen (secondary N) is 1. The van der Waals surface area contributed by atoms with E-state index in [-0.39, 0.29) is 11.9 Å². The SMILES string of the molecule is C=CCNC(=O)C1CCCN1c1ncccn1. The minimum atomic E-state index is -0.155. The second-order valence-corrected chi connectivity index (χ2v) is 3.93. The van der Waals surface area contributed by atoms with Gasteiger partial charge in [-0.05, 0) is 18.9 Å². The lowest BCUT2D eigenvalue weighted by atomic mass is 10.2. The molecule has 1 aliphatic heterocycles. The summed E-state index contributed by atoms with van der Waals surface area (Å²) in [4.78, 5) is 22.3. The van der Waals surface area contributed by atoms with Gasteiger partial charge in [0.05, 0.1) is 0 Å². The molecule has 1 aromatic heterocycles. The Bertz CT molecular complexity index is 393. The van der Waals surface area contributed by atoms with E-state index in [1.165, 1.54) is 0 Å². The van der Waals surface area contributed by atoms with Crippen LogP contribution in [0.3, 0.4) is 0 Å². The molecule has 17 heavy (non-hydrogen) atoms. The van der Waals surface area contributed by atoms with Gasteiger partial charge in [0.15, 0.2) is 0 Å². The lowest BCUT2D eigenvalue weighted by Crippen LogP contribution is -2.44. The fourth-order valence-corrected chi connectivity index (χ4v) is 2.01. The summed E-state index contributed by atoms with van der Waals surface area (Å²) in [6.07, 6.45) is 6.90. The third kappa shape index (κ3) is 2.61. The van der Waals surface area contributed by atoms with Crippen molar-refractivity contribution >= 4 is 11.9 Å². The number of carbonyl (C=O) groups excluding carboxylic acids is 1. The van der Waals surface area contributed by atoms with Gasteiger partial charge in [-0.2, -0.15) is 0 Å². The molecule has 0 spiro atoms. The van der Waals surface area contributed by atoms with Gasteiger partial charge < -0.3 is 10.2 Å². The molecule has 2 rings (SSSR count). The Hall–Kier alpha value is -1.91. The molecule has 90 valence electrons. The van der Waals surface area contributed by atoms with E-state index in [1.807, 2.05) is 4.90 Å². The van der Waals surface area contributed by atoms with Crippen molar-refractivity contribution in [2.24, 2.45) is 0 Å². The molecule has 0 aliphatic carbocycles. The maximum Gasteiger partial charge on any atom is 0.243 e. The molecule has 0 radical (unpaired) electrons. The van der Waals surface area contributed by atoms with Crippen molar-refractivity contribution in [3.63, 3.8) is 0 Å². The highest BCUT2D eigenvalue weighted by Crippen LogP contribution is 2.21. The summed E-state index contributed by atoms with van der Waals surface area (Å²) in [6, 6.07) is 1.61. The fraction of sp³-hybridized carbons (Fsp3) is 0.417. The van der Waals surface area contributed by atoms with Gasteiger partial charge in [-0.15, -0.1) is 6.58 Å². The summed E-state index contributed by atoms with van der Waals surface area (Å²) in [6.45, 7) is 4.91. The van der Waals surface area contributed by atoms with Gasteiger partial charge in [0.2, 0.25) is 11.9 Å². The van der Waals surface area contributed by atoms with E-state index in [4.69, 9.17) is 0 Å². The number of amides is 1. The summed E-state index contributed by atoms with van der Waals surface area (Å²) >= 11 is 0. The first-order chi connectivity index (χ1) is 8.33. The lowest BCUT2D eigenvalue weighted by molar-refractivity contribution is -0.122. The number of hydrogen-bond donors (Lipinski definition) is 1. The second-order valence-electron chi connectivity index (χ2n) is 3.93. The lowest BCUT2D eigenvalue weighted by Gasteiger charge is -2.23. The van der Waals surface area contributed by atoms with Crippen molar-refractivity contribution in [1.29, 1.82) is 0 Å². The highest BCUT2D eigenvalue weighted by atomic mass is 16.2. The van der Waals surface area contributed by atoms with Crippen LogP contribution in [0.15, 0.2) is 31.1 Å². The van der Waals surface area contributed by atoms with E-state index in [2.05, 4.69) is 21.9 Å². The van der Waals surface area contributed by atoms with Gasteiger partial charge in [-0.1, -0.05) is 6.08 Å². The van der Waals surface area contributed by atoms with Crippen molar-refractivity contribution in [3.8, 4) is 0 Å². The van der Waals surface area contributed by atoms with E-state index in [0.717, 1.165) is 19.4 Å². The Balaban J connectivity index is 2.07. The number of anilines is 1. The summed E-state index contributed by atoms with van der Waals surface area (Å²) in [5.41, 5.74) is 0. The molecule has 1 fully saturated rings. The highest BCUT2D eigenvalue weighted by Gasteiger charge is 2.31. The Morgan fingerprint density at radius 1 is 1.59 bits per heavy atom. The van der Waals surface area contributed by atoms with Crippen molar-refractivity contribution in [3.05, 3.63) is 31.1 Å². The average Bonchev–Trinajstić information content (AvgIpc) is 2.86. The predicted octanol–water partition coefficient (Wildman–Crippen LogP) is 0.748. The first-order valence-corrected chi connectivity index (χ1v) is 5.75. The van der Waals surface area contributed by atoms with Crippen LogP contribution in [0.5, 0.6) is 0 Å². The molecule has 0 aromatic carbocycles. The van der Waals surface area contributed by atoms with Crippen molar-refractivity contribution < 1.29 is 4.79 Å². The van der Waals surface area contributed by atoms with E-state index < -0.39 is 0 Å². The first-order valence-electron chi connectivity index (χ1n) is 5.75. The molecular weight excluding hydrogens is 216 g/mol. The third-order valence-corrected chi connectivity index (χ3v) is 2.79. The monoisotopic (exact) mass is 232 g/mol. The molecule has 5 heteroatoms. The summed E-state index contributed by atoms with van der Waals surface area (Å²) in [5, 5.41) is 2.82. The van der Waals surface area contributed by atoms with E-state index in [1.54, 1.807) is 24.5 Å². The molecule has 1 aliphatic rings. The van der Waals surface area contributed by atoms with Gasteiger partial charge in [0.25, 0.3) is 0 Å². The molecule has 0 saturated carbocycles. The third-order valence-electron chi connectivity index (χ3n) is 2.79. The number of aromatic nitrogens is 2. The van der Waals surface area contributed by atoms with E-state index in [9.17, 15) is 4.79 Å². The van der Waals surface area contributed by atoms with Crippen LogP contribution in [-0.2, 0) is 4.79 Å². The number of hydrogen-bond acceptors (Lipinski definition) is 4. The first kappa shape index (κ1) is 11.6. The van der Waals surface area contributed by atoms with Crippen LogP contribution in [-0.4, -0.2) is 35.0 Å². The Labute approximate surface area is 101 Å². The highest BCUT2D eigenvalue weighted by molar-refractivity contribution is 5.85. The van der Waals surface area contributed by atoms with Gasteiger partial charge in [0, 0.05) is 25.5 Å². The minimum absolute atomic E-state index is 0.0230. The summed E-state index contributed by atoms with van der Waals surface area (Å²) in [5.74, 6) is 0.651. The molecule has 1 amide bonds. The zero-order valence-corrected chi connectivity index (χ0v) is 9.67. The van der Waals surface area contributed by atoms with Gasteiger partial charge >= 0.3 is 0 Å². The van der Waals surface area contributed by atoms with E-state index >= 15 is 0 Å². The molecule has 1 atom stereocenters. The molecule has 1 aromatic rings. The van der Waals surface area contributed by atoms with Gasteiger partial charge in [0.1, 0.15) is 6.04 Å². The topological polar surface area (TPSA) is 58.1 Å². The maximum absolute atomic E-state index is 11.9. The Kier molecular flexibility index (Phi) is 3.69. The average molecular weight is 232 g/mol. The molecule has 1 saturated heterocycles. The van der Waals surface area contributed by atoms with Crippen LogP contribution in [0.2, 0.25) is 0 Å². The molecular formula is C12H16N4O. The molecule has 1 N–H and O–H groups in total. The zero-order valence-electron chi connectivity index (χ0n) is 9.67. The number of rotatable bonds is 4. The second kappa shape index (κ2) is 5.43. The Morgan fingerprint density at radius 2 is 2.35 bits per heavy atom. The minimum Gasteiger partial charge on any atom is -0.351 e. The summed E-state index contributed by atoms with van der Waals surface area (Å²) in [7, 11) is 0. The van der Waals surface area contributed by atoms with Crippen LogP contribution < -0.4 is 10.2 Å². The van der Waals surface area contributed by atoms with E-state index in [0.29, 0.717) is 12.5 Å². The van der Waals surface area contributed by atoms with Crippen LogP contribution in [0.1, 0.15) is 12.8 Å². The largest absolute Gasteiger partial charge is 0.351 e. The molecule has 2 heterocycles. The Morgan fingerprint density at radius 3 is 3.06 bits per heavy atom. The smallest absolute Gasteiger partial charge is 0.243 e. The maximum atomic E-state index is 11.9. The van der Waals surface area contributed by atoms with Crippen LogP contribution in [0, 0.1) is 0 Å². The normalized spacial score (nSPS) is 19.1. The van der Waals surface area contributed by atoms with Crippen molar-refractivity contribution in [2.75, 3.05) is 18.0 Å². The number of carbonyl (C=O) groups is 1. The van der Waals surface area contributed by atoms with Crippen molar-refractivity contribution in [1.82, 2.24) is 15.3 Å². The predicted molar refractivity (Wildman–Crippen MR) is 65.6 cm³/mol. The van der Waals surface area contributed by atoms with Gasteiger partial charge in [-0.25, -0.2) is 9.97 Å². The molecule has 0 bridgehead atoms. The number of nitrogens with zero attached hydrogens (tertiary/aromatic N) is 3. The quantitative estimate of drug-likeness (QED) is 0.778. The van der Waals surface area contributed by atoms with Crippen LogP contribution in [0.4, 0.5) is 5.95 Å². The van der Waals surface area contributed by atoms with Crippen LogP contribution in [0.25, 0.3) is 0 Å². The summed E-state index contributed by atoms with van der Waals surface area (Å²) < 4.78 is 0. The van der Waals surface area contributed by atoms with Gasteiger partial charge in [-0.3, -0.25) is 4.79 Å². The molecule has 1 unspecified atom stereocenters. The zero-order chi connectivity index (χ0) is 12.1.